The molecule has 0 spiro atoms. The van der Waals surface area contributed by atoms with Gasteiger partial charge in [-0.1, -0.05) is 90.9 Å². The van der Waals surface area contributed by atoms with Crippen LogP contribution in [-0.4, -0.2) is 30.5 Å². The van der Waals surface area contributed by atoms with Crippen molar-refractivity contribution in [3.63, 3.8) is 0 Å². The molecule has 0 saturated heterocycles. The second-order valence-electron chi connectivity index (χ2n) is 7.91. The maximum Gasteiger partial charge on any atom is 1.00 e. The average Bonchev–Trinajstić information content (AvgIpc) is 2.62. The van der Waals surface area contributed by atoms with E-state index in [1.165, 1.54) is 103 Å². The zero-order chi connectivity index (χ0) is 19.3. The monoisotopic (exact) mass is 407 g/mol. The van der Waals surface area contributed by atoms with Gasteiger partial charge in [-0.15, -0.1) is 0 Å². The topological polar surface area (TPSA) is 43.4 Å². The Labute approximate surface area is 212 Å². The molecule has 0 amide bonds. The maximum atomic E-state index is 10.4. The van der Waals surface area contributed by atoms with Crippen LogP contribution >= 0.6 is 0 Å². The van der Waals surface area contributed by atoms with E-state index < -0.39 is 5.97 Å². The van der Waals surface area contributed by atoms with E-state index in [9.17, 15) is 9.90 Å². The van der Waals surface area contributed by atoms with E-state index >= 15 is 0 Å². The average molecular weight is 408 g/mol. The largest absolute Gasteiger partial charge is 1.00 e. The third-order valence-corrected chi connectivity index (χ3v) is 5.26. The molecule has 0 N–H and O–H groups in total. The summed E-state index contributed by atoms with van der Waals surface area (Å²) in [7, 11) is 0. The number of nitrogens with zero attached hydrogens (tertiary/aromatic N) is 1. The van der Waals surface area contributed by atoms with E-state index in [1.807, 2.05) is 0 Å². The number of carbonyl (C=O) groups is 1. The quantitative estimate of drug-likeness (QED) is 0.217. The van der Waals surface area contributed by atoms with Crippen molar-refractivity contribution in [2.45, 2.75) is 123 Å². The van der Waals surface area contributed by atoms with Gasteiger partial charge in [-0.05, 0) is 51.7 Å². The van der Waals surface area contributed by atoms with Gasteiger partial charge in [0.25, 0.3) is 0 Å². The van der Waals surface area contributed by atoms with Crippen LogP contribution in [0.25, 0.3) is 0 Å². The smallest absolute Gasteiger partial charge is 0.550 e. The molecule has 0 radical (unpaired) electrons. The van der Waals surface area contributed by atoms with Crippen LogP contribution in [-0.2, 0) is 4.79 Å². The van der Waals surface area contributed by atoms with Crippen LogP contribution in [0.5, 0.6) is 0 Å². The minimum atomic E-state index is -0.905. The molecule has 0 aliphatic heterocycles. The van der Waals surface area contributed by atoms with Gasteiger partial charge < -0.3 is 14.8 Å². The molecule has 0 bridgehead atoms. The van der Waals surface area contributed by atoms with Crippen molar-refractivity contribution in [3.8, 4) is 0 Å². The van der Waals surface area contributed by atoms with Crippen LogP contribution < -0.4 is 56.5 Å². The predicted molar refractivity (Wildman–Crippen MR) is 111 cm³/mol. The van der Waals surface area contributed by atoms with Crippen LogP contribution in [0.15, 0.2) is 0 Å². The Hall–Kier alpha value is 1.07. The number of carboxylic acid groups (broad SMARTS) is 1. The molecule has 0 unspecified atom stereocenters. The molecule has 27 heavy (non-hydrogen) atoms. The molecule has 156 valence electrons. The molecule has 4 heteroatoms. The Kier molecular flexibility index (Phi) is 28.1. The van der Waals surface area contributed by atoms with Gasteiger partial charge in [-0.3, -0.25) is 0 Å². The summed E-state index contributed by atoms with van der Waals surface area (Å²) in [5.41, 5.74) is 0. The standard InChI is InChI=1S/C23H47NO2.K/c1-3-5-7-9-12-16-20-24(21-17-13-10-8-6-4-2)22-18-14-11-15-19-23(25)26;/h3-22H2,1-2H3,(H,25,26);/q;+1/p-1. The number of carboxylic acids is 1. The van der Waals surface area contributed by atoms with Crippen molar-refractivity contribution in [2.75, 3.05) is 19.6 Å². The molecule has 0 aromatic rings. The number of rotatable bonds is 21. The number of carbonyl (C=O) groups excluding carboxylic acids is 1. The predicted octanol–water partition coefficient (Wildman–Crippen LogP) is 2.71. The van der Waals surface area contributed by atoms with Crippen molar-refractivity contribution in [1.29, 1.82) is 0 Å². The van der Waals surface area contributed by atoms with Gasteiger partial charge >= 0.3 is 51.4 Å². The van der Waals surface area contributed by atoms with Crippen molar-refractivity contribution in [1.82, 2.24) is 4.90 Å². The zero-order valence-corrected chi connectivity index (χ0v) is 22.0. The van der Waals surface area contributed by atoms with Gasteiger partial charge in [0, 0.05) is 5.97 Å². The van der Waals surface area contributed by atoms with E-state index in [-0.39, 0.29) is 57.8 Å². The van der Waals surface area contributed by atoms with E-state index in [4.69, 9.17) is 0 Å². The van der Waals surface area contributed by atoms with E-state index in [0.29, 0.717) is 0 Å². The summed E-state index contributed by atoms with van der Waals surface area (Å²) in [4.78, 5) is 13.1. The summed E-state index contributed by atoms with van der Waals surface area (Å²) in [5, 5.41) is 10.4. The molecule has 0 aromatic heterocycles. The SMILES string of the molecule is CCCCCCCCN(CCCCCCCC)CCCCCCC(=O)[O-].[K+]. The van der Waals surface area contributed by atoms with E-state index in [2.05, 4.69) is 18.7 Å². The Morgan fingerprint density at radius 2 is 0.926 bits per heavy atom. The molecule has 0 aromatic carbocycles. The summed E-state index contributed by atoms with van der Waals surface area (Å²) >= 11 is 0. The fourth-order valence-electron chi connectivity index (χ4n) is 3.53. The fraction of sp³-hybridized carbons (Fsp3) is 0.957. The maximum absolute atomic E-state index is 10.4. The fourth-order valence-corrected chi connectivity index (χ4v) is 3.53. The number of unbranched alkanes of at least 4 members (excludes halogenated alkanes) is 13. The number of hydrogen-bond donors (Lipinski definition) is 0. The molecule has 3 nitrogen and oxygen atoms in total. The van der Waals surface area contributed by atoms with Crippen molar-refractivity contribution < 1.29 is 61.3 Å². The molecule has 0 saturated carbocycles. The first-order valence-electron chi connectivity index (χ1n) is 11.6. The summed E-state index contributed by atoms with van der Waals surface area (Å²) < 4.78 is 0. The molecular formula is C23H46KNO2. The van der Waals surface area contributed by atoms with Gasteiger partial charge in [-0.2, -0.15) is 0 Å². The van der Waals surface area contributed by atoms with Gasteiger partial charge in [0.1, 0.15) is 0 Å². The second-order valence-corrected chi connectivity index (χ2v) is 7.91. The Bertz CT molecular complexity index is 284. The van der Waals surface area contributed by atoms with Gasteiger partial charge in [0.15, 0.2) is 0 Å². The minimum absolute atomic E-state index is 0. The molecule has 0 fully saturated rings. The zero-order valence-electron chi connectivity index (χ0n) is 18.9. The van der Waals surface area contributed by atoms with Crippen LogP contribution in [0.2, 0.25) is 0 Å². The molecule has 0 rings (SSSR count). The van der Waals surface area contributed by atoms with Crippen LogP contribution in [0, 0.1) is 0 Å². The third-order valence-electron chi connectivity index (χ3n) is 5.26. The van der Waals surface area contributed by atoms with Crippen molar-refractivity contribution >= 4 is 5.97 Å². The first-order chi connectivity index (χ1) is 12.7. The molecule has 0 heterocycles. The Morgan fingerprint density at radius 1 is 0.593 bits per heavy atom. The molecule has 0 atom stereocenters. The van der Waals surface area contributed by atoms with Crippen molar-refractivity contribution in [2.24, 2.45) is 0 Å². The third kappa shape index (κ3) is 25.0. The van der Waals surface area contributed by atoms with Crippen LogP contribution in [0.3, 0.4) is 0 Å². The normalized spacial score (nSPS) is 10.9. The molecular weight excluding hydrogens is 361 g/mol. The van der Waals surface area contributed by atoms with Crippen LogP contribution in [0.1, 0.15) is 123 Å². The Morgan fingerprint density at radius 3 is 1.30 bits per heavy atom. The van der Waals surface area contributed by atoms with E-state index in [1.54, 1.807) is 0 Å². The summed E-state index contributed by atoms with van der Waals surface area (Å²) in [6, 6.07) is 0. The number of hydrogen-bond acceptors (Lipinski definition) is 3. The first-order valence-corrected chi connectivity index (χ1v) is 11.6. The van der Waals surface area contributed by atoms with E-state index in [0.717, 1.165) is 19.3 Å². The summed E-state index contributed by atoms with van der Waals surface area (Å²) in [6.07, 6.45) is 20.8. The molecule has 0 aliphatic carbocycles. The van der Waals surface area contributed by atoms with Gasteiger partial charge in [0.05, 0.1) is 0 Å². The minimum Gasteiger partial charge on any atom is -0.550 e. The van der Waals surface area contributed by atoms with Gasteiger partial charge in [-0.25, -0.2) is 0 Å². The Balaban J connectivity index is 0. The second kappa shape index (κ2) is 25.1. The first kappa shape index (κ1) is 30.3. The summed E-state index contributed by atoms with van der Waals surface area (Å²) in [5.74, 6) is -0.905. The van der Waals surface area contributed by atoms with Crippen molar-refractivity contribution in [3.05, 3.63) is 0 Å². The molecule has 0 aliphatic rings. The van der Waals surface area contributed by atoms with Gasteiger partial charge in [0.2, 0.25) is 0 Å². The van der Waals surface area contributed by atoms with Crippen LogP contribution in [0.4, 0.5) is 0 Å². The number of aliphatic carboxylic acids is 1. The summed E-state index contributed by atoms with van der Waals surface area (Å²) in [6.45, 7) is 8.24.